The largest absolute Gasteiger partial charge is 0.484 e. The Bertz CT molecular complexity index is 1160. The van der Waals surface area contributed by atoms with E-state index in [0.29, 0.717) is 22.9 Å². The minimum Gasteiger partial charge on any atom is -0.484 e. The second-order valence-corrected chi connectivity index (χ2v) is 6.46. The van der Waals surface area contributed by atoms with Gasteiger partial charge in [-0.25, -0.2) is 13.5 Å². The summed E-state index contributed by atoms with van der Waals surface area (Å²) in [6.07, 6.45) is 0. The minimum absolute atomic E-state index is 0.277. The fourth-order valence-corrected chi connectivity index (χ4v) is 2.88. The van der Waals surface area contributed by atoms with Gasteiger partial charge in [-0.3, -0.25) is 4.79 Å². The quantitative estimate of drug-likeness (QED) is 0.500. The van der Waals surface area contributed by atoms with E-state index in [-0.39, 0.29) is 12.4 Å². The van der Waals surface area contributed by atoms with E-state index < -0.39 is 11.7 Å². The van der Waals surface area contributed by atoms with E-state index in [2.05, 4.69) is 10.4 Å². The number of hydrogen-bond donors (Lipinski definition) is 1. The first-order valence-electron chi connectivity index (χ1n) is 9.18. The van der Waals surface area contributed by atoms with Crippen molar-refractivity contribution >= 4 is 11.7 Å². The number of ether oxygens (including phenoxy) is 1. The fraction of sp³-hybridized carbons (Fsp3) is 0.0435. The molecule has 0 fully saturated rings. The fourth-order valence-electron chi connectivity index (χ4n) is 2.88. The van der Waals surface area contributed by atoms with Crippen LogP contribution in [0.15, 0.2) is 84.9 Å². The number of nitrogens with zero attached hydrogens (tertiary/aromatic N) is 2. The zero-order chi connectivity index (χ0) is 20.9. The summed E-state index contributed by atoms with van der Waals surface area (Å²) >= 11 is 0. The number of aromatic nitrogens is 2. The lowest BCUT2D eigenvalue weighted by Gasteiger charge is -2.10. The molecule has 1 heterocycles. The molecule has 0 bridgehead atoms. The summed E-state index contributed by atoms with van der Waals surface area (Å²) in [4.78, 5) is 12.4. The number of hydrogen-bond acceptors (Lipinski definition) is 3. The topological polar surface area (TPSA) is 56.1 Å². The highest BCUT2D eigenvalue weighted by Gasteiger charge is 2.14. The van der Waals surface area contributed by atoms with Crippen molar-refractivity contribution in [3.05, 3.63) is 96.6 Å². The molecule has 1 N–H and O–H groups in total. The van der Waals surface area contributed by atoms with Gasteiger partial charge in [0.2, 0.25) is 0 Å². The molecule has 1 amide bonds. The SMILES string of the molecule is O=C(COc1ccc(F)cc1)Nc1cc(-c2ccccc2)nn1-c1cccc(F)c1. The zero-order valence-corrected chi connectivity index (χ0v) is 15.8. The number of halogens is 2. The van der Waals surface area contributed by atoms with Gasteiger partial charge in [0.1, 0.15) is 23.2 Å². The first-order valence-corrected chi connectivity index (χ1v) is 9.18. The van der Waals surface area contributed by atoms with Gasteiger partial charge in [-0.15, -0.1) is 0 Å². The van der Waals surface area contributed by atoms with Crippen molar-refractivity contribution in [2.45, 2.75) is 0 Å². The van der Waals surface area contributed by atoms with Crippen molar-refractivity contribution < 1.29 is 18.3 Å². The number of benzene rings is 3. The molecule has 7 heteroatoms. The van der Waals surface area contributed by atoms with Gasteiger partial charge in [-0.2, -0.15) is 5.10 Å². The maximum absolute atomic E-state index is 13.7. The molecule has 30 heavy (non-hydrogen) atoms. The molecule has 0 unspecified atom stereocenters. The summed E-state index contributed by atoms with van der Waals surface area (Å²) in [5.74, 6) is -0.501. The highest BCUT2D eigenvalue weighted by atomic mass is 19.1. The van der Waals surface area contributed by atoms with Crippen LogP contribution in [0.3, 0.4) is 0 Å². The van der Waals surface area contributed by atoms with Gasteiger partial charge < -0.3 is 10.1 Å². The van der Waals surface area contributed by atoms with Crippen LogP contribution >= 0.6 is 0 Å². The maximum Gasteiger partial charge on any atom is 0.263 e. The summed E-state index contributed by atoms with van der Waals surface area (Å²) < 4.78 is 33.6. The Hall–Kier alpha value is -4.00. The van der Waals surface area contributed by atoms with E-state index >= 15 is 0 Å². The van der Waals surface area contributed by atoms with E-state index in [1.165, 1.54) is 41.1 Å². The Kier molecular flexibility index (Phi) is 5.52. The van der Waals surface area contributed by atoms with Crippen molar-refractivity contribution in [1.82, 2.24) is 9.78 Å². The van der Waals surface area contributed by atoms with Crippen molar-refractivity contribution in [1.29, 1.82) is 0 Å². The normalized spacial score (nSPS) is 10.6. The smallest absolute Gasteiger partial charge is 0.263 e. The van der Waals surface area contributed by atoms with Gasteiger partial charge in [-0.1, -0.05) is 36.4 Å². The average Bonchev–Trinajstić information content (AvgIpc) is 3.18. The van der Waals surface area contributed by atoms with Gasteiger partial charge in [0.25, 0.3) is 5.91 Å². The number of nitrogens with one attached hydrogen (secondary N) is 1. The second kappa shape index (κ2) is 8.57. The standard InChI is InChI=1S/C23H17F2N3O2/c24-17-9-11-20(12-10-17)30-15-23(29)26-22-14-21(16-5-2-1-3-6-16)27-28(22)19-8-4-7-18(25)13-19/h1-14H,15H2,(H,26,29). The van der Waals surface area contributed by atoms with Gasteiger partial charge >= 0.3 is 0 Å². The van der Waals surface area contributed by atoms with Crippen molar-refractivity contribution in [3.63, 3.8) is 0 Å². The molecular formula is C23H17F2N3O2. The van der Waals surface area contributed by atoms with Crippen LogP contribution in [-0.4, -0.2) is 22.3 Å². The van der Waals surface area contributed by atoms with Gasteiger partial charge in [0, 0.05) is 11.6 Å². The molecule has 0 saturated carbocycles. The molecule has 1 aromatic heterocycles. The van der Waals surface area contributed by atoms with Gasteiger partial charge in [0.15, 0.2) is 6.61 Å². The molecule has 0 spiro atoms. The number of rotatable bonds is 6. The summed E-state index contributed by atoms with van der Waals surface area (Å²) in [7, 11) is 0. The van der Waals surface area contributed by atoms with Crippen molar-refractivity contribution in [3.8, 4) is 22.7 Å². The van der Waals surface area contributed by atoms with Crippen molar-refractivity contribution in [2.24, 2.45) is 0 Å². The predicted octanol–water partition coefficient (Wildman–Crippen LogP) is 4.84. The lowest BCUT2D eigenvalue weighted by Crippen LogP contribution is -2.21. The summed E-state index contributed by atoms with van der Waals surface area (Å²) in [6, 6.07) is 22.4. The third-order valence-electron chi connectivity index (χ3n) is 4.28. The van der Waals surface area contributed by atoms with Crippen LogP contribution in [0.25, 0.3) is 16.9 Å². The van der Waals surface area contributed by atoms with Crippen LogP contribution in [0.2, 0.25) is 0 Å². The lowest BCUT2D eigenvalue weighted by atomic mass is 10.2. The predicted molar refractivity (Wildman–Crippen MR) is 109 cm³/mol. The Labute approximate surface area is 171 Å². The van der Waals surface area contributed by atoms with E-state index in [9.17, 15) is 13.6 Å². The first kappa shape index (κ1) is 19.3. The van der Waals surface area contributed by atoms with E-state index in [1.807, 2.05) is 30.3 Å². The van der Waals surface area contributed by atoms with E-state index in [1.54, 1.807) is 18.2 Å². The van der Waals surface area contributed by atoms with Gasteiger partial charge in [0.05, 0.1) is 11.4 Å². The van der Waals surface area contributed by atoms with E-state index in [0.717, 1.165) is 5.56 Å². The third kappa shape index (κ3) is 4.52. The van der Waals surface area contributed by atoms with Crippen LogP contribution in [0, 0.1) is 11.6 Å². The Morgan fingerprint density at radius 2 is 1.67 bits per heavy atom. The Balaban J connectivity index is 1.58. The molecule has 0 aliphatic rings. The summed E-state index contributed by atoms with van der Waals surface area (Å²) in [5.41, 5.74) is 1.94. The molecule has 0 aliphatic carbocycles. The van der Waals surface area contributed by atoms with E-state index in [4.69, 9.17) is 4.74 Å². The zero-order valence-electron chi connectivity index (χ0n) is 15.8. The number of carbonyl (C=O) groups excluding carboxylic acids is 1. The lowest BCUT2D eigenvalue weighted by molar-refractivity contribution is -0.118. The summed E-state index contributed by atoms with van der Waals surface area (Å²) in [5, 5.41) is 7.27. The Morgan fingerprint density at radius 3 is 2.40 bits per heavy atom. The van der Waals surface area contributed by atoms with Crippen LogP contribution < -0.4 is 10.1 Å². The first-order chi connectivity index (χ1) is 14.6. The molecule has 0 atom stereocenters. The van der Waals surface area contributed by atoms with Crippen LogP contribution in [0.5, 0.6) is 5.75 Å². The molecule has 0 radical (unpaired) electrons. The number of amides is 1. The number of anilines is 1. The molecule has 5 nitrogen and oxygen atoms in total. The van der Waals surface area contributed by atoms with Crippen LogP contribution in [-0.2, 0) is 4.79 Å². The third-order valence-corrected chi connectivity index (χ3v) is 4.28. The molecule has 3 aromatic carbocycles. The highest BCUT2D eigenvalue weighted by Crippen LogP contribution is 2.25. The molecule has 150 valence electrons. The maximum atomic E-state index is 13.7. The van der Waals surface area contributed by atoms with Gasteiger partial charge in [-0.05, 0) is 42.5 Å². The summed E-state index contributed by atoms with van der Waals surface area (Å²) in [6.45, 7) is -0.277. The minimum atomic E-state index is -0.434. The highest BCUT2D eigenvalue weighted by molar-refractivity contribution is 5.92. The molecule has 4 rings (SSSR count). The second-order valence-electron chi connectivity index (χ2n) is 6.46. The average molecular weight is 405 g/mol. The van der Waals surface area contributed by atoms with Crippen LogP contribution in [0.4, 0.5) is 14.6 Å². The van der Waals surface area contributed by atoms with Crippen molar-refractivity contribution in [2.75, 3.05) is 11.9 Å². The molecule has 4 aromatic rings. The molecular weight excluding hydrogens is 388 g/mol. The van der Waals surface area contributed by atoms with Crippen LogP contribution in [0.1, 0.15) is 0 Å². The molecule has 0 aliphatic heterocycles. The Morgan fingerprint density at radius 1 is 0.900 bits per heavy atom. The monoisotopic (exact) mass is 405 g/mol. The number of carbonyl (C=O) groups is 1. The molecule has 0 saturated heterocycles.